The van der Waals surface area contributed by atoms with Crippen LogP contribution in [-0.2, 0) is 0 Å². The highest BCUT2D eigenvalue weighted by Gasteiger charge is 2.00. The van der Waals surface area contributed by atoms with E-state index in [1.807, 2.05) is 36.4 Å². The van der Waals surface area contributed by atoms with E-state index in [1.165, 1.54) is 5.56 Å². The molecule has 4 heteroatoms. The monoisotopic (exact) mass is 300 g/mol. The molecule has 0 aromatic heterocycles. The number of benzene rings is 2. The Morgan fingerprint density at radius 2 is 1.86 bits per heavy atom. The number of anilines is 1. The Kier molecular flexibility index (Phi) is 5.58. The van der Waals surface area contributed by atoms with Crippen LogP contribution in [0.3, 0.4) is 0 Å². The molecule has 0 saturated heterocycles. The summed E-state index contributed by atoms with van der Waals surface area (Å²) < 4.78 is 5.74. The van der Waals surface area contributed by atoms with Crippen LogP contribution in [0.1, 0.15) is 11.1 Å². The minimum absolute atomic E-state index is 0.570. The van der Waals surface area contributed by atoms with Crippen molar-refractivity contribution in [2.45, 2.75) is 13.8 Å². The molecule has 0 atom stereocenters. The average Bonchev–Trinajstić information content (AvgIpc) is 2.46. The summed E-state index contributed by atoms with van der Waals surface area (Å²) in [6, 6.07) is 16.0. The minimum Gasteiger partial charge on any atom is -0.491 e. The van der Waals surface area contributed by atoms with E-state index in [0.717, 1.165) is 17.0 Å². The van der Waals surface area contributed by atoms with E-state index in [4.69, 9.17) is 17.0 Å². The van der Waals surface area contributed by atoms with Crippen molar-refractivity contribution in [2.75, 3.05) is 18.5 Å². The number of para-hydroxylation sites is 1. The highest BCUT2D eigenvalue weighted by Crippen LogP contribution is 2.18. The van der Waals surface area contributed by atoms with Gasteiger partial charge in [-0.15, -0.1) is 0 Å². The van der Waals surface area contributed by atoms with Crippen LogP contribution in [0.25, 0.3) is 0 Å². The van der Waals surface area contributed by atoms with Gasteiger partial charge in [0.2, 0.25) is 0 Å². The second kappa shape index (κ2) is 7.64. The lowest BCUT2D eigenvalue weighted by Crippen LogP contribution is -2.31. The van der Waals surface area contributed by atoms with E-state index in [9.17, 15) is 0 Å². The highest BCUT2D eigenvalue weighted by molar-refractivity contribution is 7.80. The zero-order valence-electron chi connectivity index (χ0n) is 12.3. The molecule has 21 heavy (non-hydrogen) atoms. The molecule has 0 amide bonds. The van der Waals surface area contributed by atoms with Gasteiger partial charge in [0.1, 0.15) is 12.4 Å². The molecule has 2 rings (SSSR count). The van der Waals surface area contributed by atoms with Gasteiger partial charge in [-0.2, -0.15) is 0 Å². The van der Waals surface area contributed by atoms with Gasteiger partial charge in [0.15, 0.2) is 5.11 Å². The first-order valence-electron chi connectivity index (χ1n) is 6.95. The summed E-state index contributed by atoms with van der Waals surface area (Å²) in [5, 5.41) is 6.85. The molecule has 110 valence electrons. The number of rotatable bonds is 5. The lowest BCUT2D eigenvalue weighted by Gasteiger charge is -2.12. The number of hydrogen-bond donors (Lipinski definition) is 2. The minimum atomic E-state index is 0.570. The Morgan fingerprint density at radius 3 is 2.57 bits per heavy atom. The van der Waals surface area contributed by atoms with Crippen LogP contribution in [0.2, 0.25) is 0 Å². The van der Waals surface area contributed by atoms with Crippen molar-refractivity contribution in [3.63, 3.8) is 0 Å². The molecule has 0 fully saturated rings. The van der Waals surface area contributed by atoms with Gasteiger partial charge in [0.25, 0.3) is 0 Å². The van der Waals surface area contributed by atoms with Gasteiger partial charge in [0.05, 0.1) is 6.54 Å². The maximum atomic E-state index is 5.74. The van der Waals surface area contributed by atoms with Crippen LogP contribution >= 0.6 is 12.2 Å². The third kappa shape index (κ3) is 5.08. The molecule has 0 aliphatic rings. The van der Waals surface area contributed by atoms with E-state index >= 15 is 0 Å². The maximum absolute atomic E-state index is 5.74. The zero-order chi connectivity index (χ0) is 15.1. The molecule has 0 unspecified atom stereocenters. The van der Waals surface area contributed by atoms with Crippen LogP contribution in [0.5, 0.6) is 5.75 Å². The summed E-state index contributed by atoms with van der Waals surface area (Å²) in [6.45, 7) is 5.36. The third-order valence-corrected chi connectivity index (χ3v) is 3.25. The number of ether oxygens (including phenoxy) is 1. The lowest BCUT2D eigenvalue weighted by molar-refractivity contribution is 0.320. The van der Waals surface area contributed by atoms with Gasteiger partial charge in [-0.3, -0.25) is 0 Å². The smallest absolute Gasteiger partial charge is 0.170 e. The summed E-state index contributed by atoms with van der Waals surface area (Å²) in [5.41, 5.74) is 3.37. The van der Waals surface area contributed by atoms with Crippen molar-refractivity contribution >= 4 is 23.0 Å². The number of nitrogens with one attached hydrogen (secondary N) is 2. The first kappa shape index (κ1) is 15.3. The molecular weight excluding hydrogens is 280 g/mol. The van der Waals surface area contributed by atoms with Gasteiger partial charge < -0.3 is 15.4 Å². The predicted molar refractivity (Wildman–Crippen MR) is 92.1 cm³/mol. The van der Waals surface area contributed by atoms with Crippen molar-refractivity contribution in [1.82, 2.24) is 5.32 Å². The first-order valence-corrected chi connectivity index (χ1v) is 7.36. The summed E-state index contributed by atoms with van der Waals surface area (Å²) in [6.07, 6.45) is 0. The number of aryl methyl sites for hydroxylation is 2. The quantitative estimate of drug-likeness (QED) is 0.652. The summed E-state index contributed by atoms with van der Waals surface area (Å²) in [5.74, 6) is 0.921. The fourth-order valence-electron chi connectivity index (χ4n) is 1.98. The van der Waals surface area contributed by atoms with Crippen LogP contribution < -0.4 is 15.4 Å². The Balaban J connectivity index is 1.71. The van der Waals surface area contributed by atoms with Gasteiger partial charge in [0, 0.05) is 5.69 Å². The van der Waals surface area contributed by atoms with E-state index in [0.29, 0.717) is 18.3 Å². The molecule has 3 nitrogen and oxygen atoms in total. The van der Waals surface area contributed by atoms with Crippen LogP contribution in [0.15, 0.2) is 48.5 Å². The topological polar surface area (TPSA) is 33.3 Å². The molecular formula is C17H20N2OS. The Hall–Kier alpha value is -2.07. The molecule has 0 aliphatic heterocycles. The molecule has 2 aromatic carbocycles. The lowest BCUT2D eigenvalue weighted by atomic mass is 10.1. The van der Waals surface area contributed by atoms with Gasteiger partial charge in [-0.1, -0.05) is 35.9 Å². The second-order valence-corrected chi connectivity index (χ2v) is 5.27. The fraction of sp³-hybridized carbons (Fsp3) is 0.235. The van der Waals surface area contributed by atoms with E-state index in [1.54, 1.807) is 0 Å². The molecule has 0 spiro atoms. The van der Waals surface area contributed by atoms with Crippen molar-refractivity contribution in [3.05, 3.63) is 59.7 Å². The predicted octanol–water partition coefficient (Wildman–Crippen LogP) is 3.67. The van der Waals surface area contributed by atoms with Crippen LogP contribution in [0.4, 0.5) is 5.69 Å². The van der Waals surface area contributed by atoms with Crippen molar-refractivity contribution in [3.8, 4) is 5.75 Å². The zero-order valence-corrected chi connectivity index (χ0v) is 13.2. The summed E-state index contributed by atoms with van der Waals surface area (Å²) in [7, 11) is 0. The molecule has 2 N–H and O–H groups in total. The van der Waals surface area contributed by atoms with Gasteiger partial charge in [-0.05, 0) is 49.8 Å². The summed E-state index contributed by atoms with van der Waals surface area (Å²) >= 11 is 5.23. The molecule has 0 radical (unpaired) electrons. The maximum Gasteiger partial charge on any atom is 0.170 e. The molecule has 0 aliphatic carbocycles. The number of hydrogen-bond acceptors (Lipinski definition) is 2. The SMILES string of the molecule is Cc1ccc(OCCNC(=S)Nc2ccccc2)c(C)c1. The standard InChI is InChI=1S/C17H20N2OS/c1-13-8-9-16(14(2)12-13)20-11-10-18-17(21)19-15-6-4-3-5-7-15/h3-9,12H,10-11H2,1-2H3,(H2,18,19,21). The van der Waals surface area contributed by atoms with Gasteiger partial charge >= 0.3 is 0 Å². The first-order chi connectivity index (χ1) is 10.1. The Bertz CT molecular complexity index is 599. The number of thiocarbonyl (C=S) groups is 1. The third-order valence-electron chi connectivity index (χ3n) is 3.01. The second-order valence-electron chi connectivity index (χ2n) is 4.86. The van der Waals surface area contributed by atoms with Crippen molar-refractivity contribution < 1.29 is 4.74 Å². The normalized spacial score (nSPS) is 10.0. The summed E-state index contributed by atoms with van der Waals surface area (Å²) in [4.78, 5) is 0. The molecule has 2 aromatic rings. The largest absolute Gasteiger partial charge is 0.491 e. The Morgan fingerprint density at radius 1 is 1.10 bits per heavy atom. The van der Waals surface area contributed by atoms with E-state index in [-0.39, 0.29) is 0 Å². The molecule has 0 bridgehead atoms. The Labute approximate surface area is 131 Å². The fourth-order valence-corrected chi connectivity index (χ4v) is 2.20. The van der Waals surface area contributed by atoms with E-state index < -0.39 is 0 Å². The van der Waals surface area contributed by atoms with Crippen molar-refractivity contribution in [2.24, 2.45) is 0 Å². The van der Waals surface area contributed by atoms with Crippen LogP contribution in [0, 0.1) is 13.8 Å². The van der Waals surface area contributed by atoms with Crippen molar-refractivity contribution in [1.29, 1.82) is 0 Å². The molecule has 0 heterocycles. The van der Waals surface area contributed by atoms with Crippen LogP contribution in [-0.4, -0.2) is 18.3 Å². The molecule has 0 saturated carbocycles. The van der Waals surface area contributed by atoms with Gasteiger partial charge in [-0.25, -0.2) is 0 Å². The average molecular weight is 300 g/mol. The van der Waals surface area contributed by atoms with E-state index in [2.05, 4.69) is 36.6 Å². The highest BCUT2D eigenvalue weighted by atomic mass is 32.1.